The zero-order chi connectivity index (χ0) is 13.7. The summed E-state index contributed by atoms with van der Waals surface area (Å²) in [6, 6.07) is 13.1. The minimum Gasteiger partial charge on any atom is -0.481 e. The lowest BCUT2D eigenvalue weighted by Crippen LogP contribution is -2.26. The van der Waals surface area contributed by atoms with E-state index in [1.165, 1.54) is 7.11 Å². The van der Waals surface area contributed by atoms with Crippen LogP contribution in [0.5, 0.6) is 5.88 Å². The van der Waals surface area contributed by atoms with E-state index in [0.717, 1.165) is 5.56 Å². The second-order valence-electron chi connectivity index (χ2n) is 4.19. The smallest absolute Gasteiger partial charge is 0.252 e. The molecule has 2 rings (SSSR count). The van der Waals surface area contributed by atoms with Crippen LogP contribution in [-0.2, 0) is 0 Å². The van der Waals surface area contributed by atoms with Crippen LogP contribution in [0.2, 0.25) is 0 Å². The molecule has 0 spiro atoms. The van der Waals surface area contributed by atoms with Crippen molar-refractivity contribution in [1.82, 2.24) is 10.3 Å². The number of hydrogen-bond acceptors (Lipinski definition) is 3. The number of carbonyl (C=O) groups is 1. The molecule has 0 saturated heterocycles. The van der Waals surface area contributed by atoms with E-state index in [2.05, 4.69) is 10.3 Å². The van der Waals surface area contributed by atoms with Crippen LogP contribution in [0.15, 0.2) is 48.7 Å². The standard InChI is InChI=1S/C15H16N2O2/c1-11(12-6-4-3-5-7-12)17-15(18)13-8-9-16-14(10-13)19-2/h3-11H,1-2H3,(H,17,18). The predicted molar refractivity (Wildman–Crippen MR) is 73.1 cm³/mol. The summed E-state index contributed by atoms with van der Waals surface area (Å²) in [5.74, 6) is 0.289. The molecule has 0 aliphatic carbocycles. The van der Waals surface area contributed by atoms with Crippen LogP contribution >= 0.6 is 0 Å². The summed E-state index contributed by atoms with van der Waals surface area (Å²) in [6.45, 7) is 1.95. The van der Waals surface area contributed by atoms with Crippen molar-refractivity contribution < 1.29 is 9.53 Å². The number of aromatic nitrogens is 1. The highest BCUT2D eigenvalue weighted by Gasteiger charge is 2.11. The molecule has 0 bridgehead atoms. The zero-order valence-electron chi connectivity index (χ0n) is 11.0. The predicted octanol–water partition coefficient (Wildman–Crippen LogP) is 2.58. The fourth-order valence-corrected chi connectivity index (χ4v) is 1.77. The van der Waals surface area contributed by atoms with Gasteiger partial charge in [-0.1, -0.05) is 30.3 Å². The molecule has 98 valence electrons. The number of carbonyl (C=O) groups excluding carboxylic acids is 1. The molecule has 0 aliphatic rings. The van der Waals surface area contributed by atoms with Crippen molar-refractivity contribution >= 4 is 5.91 Å². The largest absolute Gasteiger partial charge is 0.481 e. The van der Waals surface area contributed by atoms with E-state index in [0.29, 0.717) is 11.4 Å². The summed E-state index contributed by atoms with van der Waals surface area (Å²) < 4.78 is 5.00. The first kappa shape index (κ1) is 13.1. The minimum atomic E-state index is -0.142. The Morgan fingerprint density at radius 2 is 2.00 bits per heavy atom. The maximum Gasteiger partial charge on any atom is 0.252 e. The molecule has 1 unspecified atom stereocenters. The number of pyridine rings is 1. The maximum absolute atomic E-state index is 12.1. The lowest BCUT2D eigenvalue weighted by Gasteiger charge is -2.14. The third-order valence-corrected chi connectivity index (χ3v) is 2.85. The van der Waals surface area contributed by atoms with Crippen molar-refractivity contribution in [2.24, 2.45) is 0 Å². The molecule has 0 radical (unpaired) electrons. The number of amides is 1. The van der Waals surface area contributed by atoms with Crippen LogP contribution in [0, 0.1) is 0 Å². The minimum absolute atomic E-state index is 0.0483. The highest BCUT2D eigenvalue weighted by Crippen LogP contribution is 2.13. The molecule has 1 amide bonds. The summed E-state index contributed by atoms with van der Waals surface area (Å²) in [7, 11) is 1.52. The molecule has 1 heterocycles. The lowest BCUT2D eigenvalue weighted by atomic mass is 10.1. The molecule has 0 fully saturated rings. The molecular weight excluding hydrogens is 240 g/mol. The van der Waals surface area contributed by atoms with Gasteiger partial charge in [-0.2, -0.15) is 0 Å². The average Bonchev–Trinajstić information content (AvgIpc) is 2.48. The van der Waals surface area contributed by atoms with Crippen LogP contribution in [0.4, 0.5) is 0 Å². The highest BCUT2D eigenvalue weighted by atomic mass is 16.5. The Labute approximate surface area is 112 Å². The Bertz CT molecular complexity index is 555. The molecule has 1 aromatic heterocycles. The second-order valence-corrected chi connectivity index (χ2v) is 4.19. The van der Waals surface area contributed by atoms with E-state index in [4.69, 9.17) is 4.74 Å². The average molecular weight is 256 g/mol. The summed E-state index contributed by atoms with van der Waals surface area (Å²) in [4.78, 5) is 16.1. The number of methoxy groups -OCH3 is 1. The Kier molecular flexibility index (Phi) is 4.13. The van der Waals surface area contributed by atoms with Gasteiger partial charge >= 0.3 is 0 Å². The van der Waals surface area contributed by atoms with Gasteiger partial charge in [-0.25, -0.2) is 4.98 Å². The molecule has 4 nitrogen and oxygen atoms in total. The van der Waals surface area contributed by atoms with E-state index < -0.39 is 0 Å². The number of rotatable bonds is 4. The molecule has 1 aromatic carbocycles. The van der Waals surface area contributed by atoms with E-state index in [-0.39, 0.29) is 11.9 Å². The van der Waals surface area contributed by atoms with Gasteiger partial charge in [-0.15, -0.1) is 0 Å². The third kappa shape index (κ3) is 3.31. The van der Waals surface area contributed by atoms with Crippen molar-refractivity contribution in [3.05, 3.63) is 59.8 Å². The molecule has 0 saturated carbocycles. The lowest BCUT2D eigenvalue weighted by molar-refractivity contribution is 0.0939. The first-order valence-corrected chi connectivity index (χ1v) is 6.06. The number of hydrogen-bond donors (Lipinski definition) is 1. The first-order valence-electron chi connectivity index (χ1n) is 6.06. The SMILES string of the molecule is COc1cc(C(=O)NC(C)c2ccccc2)ccn1. The summed E-state index contributed by atoms with van der Waals surface area (Å²) in [6.07, 6.45) is 1.56. The van der Waals surface area contributed by atoms with Crippen LogP contribution in [-0.4, -0.2) is 18.0 Å². The van der Waals surface area contributed by atoms with Crippen molar-refractivity contribution in [2.45, 2.75) is 13.0 Å². The fourth-order valence-electron chi connectivity index (χ4n) is 1.77. The van der Waals surface area contributed by atoms with E-state index in [1.807, 2.05) is 37.3 Å². The molecule has 1 N–H and O–H groups in total. The van der Waals surface area contributed by atoms with Gasteiger partial charge in [0, 0.05) is 17.8 Å². The van der Waals surface area contributed by atoms with Crippen LogP contribution in [0.25, 0.3) is 0 Å². The van der Waals surface area contributed by atoms with Gasteiger partial charge in [-0.3, -0.25) is 4.79 Å². The fraction of sp³-hybridized carbons (Fsp3) is 0.200. The second kappa shape index (κ2) is 6.00. The third-order valence-electron chi connectivity index (χ3n) is 2.85. The van der Waals surface area contributed by atoms with Crippen molar-refractivity contribution in [3.8, 4) is 5.88 Å². The summed E-state index contributed by atoms with van der Waals surface area (Å²) in [5.41, 5.74) is 1.60. The maximum atomic E-state index is 12.1. The van der Waals surface area contributed by atoms with E-state index in [9.17, 15) is 4.79 Å². The molecule has 1 atom stereocenters. The van der Waals surface area contributed by atoms with Crippen molar-refractivity contribution in [1.29, 1.82) is 0 Å². The van der Waals surface area contributed by atoms with Gasteiger partial charge in [0.25, 0.3) is 5.91 Å². The summed E-state index contributed by atoms with van der Waals surface area (Å²) >= 11 is 0. The Hall–Kier alpha value is -2.36. The van der Waals surface area contributed by atoms with Crippen molar-refractivity contribution in [2.75, 3.05) is 7.11 Å². The normalized spacial score (nSPS) is 11.7. The summed E-state index contributed by atoms with van der Waals surface area (Å²) in [5, 5.41) is 2.94. The van der Waals surface area contributed by atoms with Gasteiger partial charge in [-0.05, 0) is 18.6 Å². The number of benzene rings is 1. The van der Waals surface area contributed by atoms with Gasteiger partial charge < -0.3 is 10.1 Å². The van der Waals surface area contributed by atoms with E-state index >= 15 is 0 Å². The topological polar surface area (TPSA) is 51.2 Å². The quantitative estimate of drug-likeness (QED) is 0.914. The molecular formula is C15H16N2O2. The van der Waals surface area contributed by atoms with Crippen molar-refractivity contribution in [3.63, 3.8) is 0 Å². The Morgan fingerprint density at radius 1 is 1.26 bits per heavy atom. The number of nitrogens with zero attached hydrogens (tertiary/aromatic N) is 1. The van der Waals surface area contributed by atoms with Gasteiger partial charge in [0.05, 0.1) is 13.2 Å². The van der Waals surface area contributed by atoms with Crippen LogP contribution < -0.4 is 10.1 Å². The van der Waals surface area contributed by atoms with Crippen LogP contribution in [0.3, 0.4) is 0 Å². The molecule has 0 aliphatic heterocycles. The highest BCUT2D eigenvalue weighted by molar-refractivity contribution is 5.94. The molecule has 19 heavy (non-hydrogen) atoms. The zero-order valence-corrected chi connectivity index (χ0v) is 11.0. The van der Waals surface area contributed by atoms with E-state index in [1.54, 1.807) is 18.3 Å². The van der Waals surface area contributed by atoms with Gasteiger partial charge in [0.1, 0.15) is 0 Å². The molecule has 2 aromatic rings. The Morgan fingerprint density at radius 3 is 2.68 bits per heavy atom. The number of ether oxygens (including phenoxy) is 1. The van der Waals surface area contributed by atoms with Crippen LogP contribution in [0.1, 0.15) is 28.9 Å². The number of nitrogens with one attached hydrogen (secondary N) is 1. The molecule has 4 heteroatoms. The monoisotopic (exact) mass is 256 g/mol. The Balaban J connectivity index is 2.08. The van der Waals surface area contributed by atoms with Gasteiger partial charge in [0.2, 0.25) is 5.88 Å². The first-order chi connectivity index (χ1) is 9.20. The van der Waals surface area contributed by atoms with Gasteiger partial charge in [0.15, 0.2) is 0 Å².